The fraction of sp³-hybridized carbons (Fsp3) is 0.115. The molecular weight excluding hydrogens is 418 g/mol. The number of carbonyl (C=O) groups excluding carboxylic acids is 3. The number of benzene rings is 2. The van der Waals surface area contributed by atoms with E-state index in [1.54, 1.807) is 42.7 Å². The lowest BCUT2D eigenvalue weighted by molar-refractivity contribution is -0.138. The average Bonchev–Trinajstić information content (AvgIpc) is 3.35. The van der Waals surface area contributed by atoms with Crippen molar-refractivity contribution in [2.75, 3.05) is 0 Å². The Kier molecular flexibility index (Phi) is 5.14. The second kappa shape index (κ2) is 8.27. The van der Waals surface area contributed by atoms with Gasteiger partial charge in [-0.1, -0.05) is 36.4 Å². The van der Waals surface area contributed by atoms with Gasteiger partial charge >= 0.3 is 0 Å². The summed E-state index contributed by atoms with van der Waals surface area (Å²) in [5.74, 6) is -1.48. The average molecular weight is 437 g/mol. The van der Waals surface area contributed by atoms with Crippen LogP contribution in [0.5, 0.6) is 0 Å². The molecule has 0 N–H and O–H groups in total. The molecule has 2 aromatic carbocycles. The minimum absolute atomic E-state index is 0.122. The molecule has 1 atom stereocenters. The van der Waals surface area contributed by atoms with Crippen LogP contribution in [0.1, 0.15) is 34.5 Å². The molecule has 1 aliphatic heterocycles. The molecule has 2 aromatic heterocycles. The number of nitrogens with zero attached hydrogens (tertiary/aromatic N) is 3. The molecule has 1 saturated heterocycles. The molecule has 5 rings (SSSR count). The van der Waals surface area contributed by atoms with Crippen molar-refractivity contribution >= 4 is 40.0 Å². The van der Waals surface area contributed by atoms with Gasteiger partial charge < -0.3 is 4.42 Å². The number of aromatic nitrogens is 1. The summed E-state index contributed by atoms with van der Waals surface area (Å²) in [5, 5.41) is 0.697. The van der Waals surface area contributed by atoms with Crippen molar-refractivity contribution in [3.63, 3.8) is 0 Å². The van der Waals surface area contributed by atoms with Gasteiger partial charge in [0.25, 0.3) is 5.91 Å². The number of ketones is 1. The van der Waals surface area contributed by atoms with Gasteiger partial charge in [-0.05, 0) is 41.5 Å². The van der Waals surface area contributed by atoms with E-state index in [-0.39, 0.29) is 29.7 Å². The molecule has 7 nitrogen and oxygen atoms in total. The summed E-state index contributed by atoms with van der Waals surface area (Å²) in [4.78, 5) is 48.2. The number of Topliss-reactive ketones (excluding diaryl/α,β-unsaturated/α-hetero) is 1. The van der Waals surface area contributed by atoms with Crippen molar-refractivity contribution in [1.29, 1.82) is 0 Å². The van der Waals surface area contributed by atoms with Crippen LogP contribution in [0, 0.1) is 0 Å². The minimum atomic E-state index is -0.803. The van der Waals surface area contributed by atoms with Gasteiger partial charge in [0, 0.05) is 24.7 Å². The van der Waals surface area contributed by atoms with E-state index in [0.717, 1.165) is 5.56 Å². The zero-order valence-corrected chi connectivity index (χ0v) is 17.8. The van der Waals surface area contributed by atoms with Gasteiger partial charge in [-0.3, -0.25) is 24.3 Å². The van der Waals surface area contributed by atoms with Crippen molar-refractivity contribution in [3.05, 3.63) is 96.0 Å². The van der Waals surface area contributed by atoms with Gasteiger partial charge in [0.15, 0.2) is 11.5 Å². The molecule has 0 radical (unpaired) electrons. The number of rotatable bonds is 5. The van der Waals surface area contributed by atoms with Crippen molar-refractivity contribution in [3.8, 4) is 0 Å². The first kappa shape index (κ1) is 20.5. The van der Waals surface area contributed by atoms with E-state index in [2.05, 4.69) is 9.98 Å². The lowest BCUT2D eigenvalue weighted by Gasteiger charge is -2.14. The minimum Gasteiger partial charge on any atom is -0.453 e. The van der Waals surface area contributed by atoms with Gasteiger partial charge in [0.1, 0.15) is 17.2 Å². The number of hydrogen-bond acceptors (Lipinski definition) is 6. The van der Waals surface area contributed by atoms with Crippen LogP contribution < -0.4 is 0 Å². The summed E-state index contributed by atoms with van der Waals surface area (Å²) >= 11 is 0. The van der Waals surface area contributed by atoms with Crippen molar-refractivity contribution in [2.24, 2.45) is 4.99 Å². The molecule has 1 fully saturated rings. The van der Waals surface area contributed by atoms with Gasteiger partial charge in [0.2, 0.25) is 5.91 Å². The van der Waals surface area contributed by atoms with E-state index in [0.29, 0.717) is 22.2 Å². The van der Waals surface area contributed by atoms with Crippen LogP contribution in [-0.2, 0) is 16.1 Å². The number of furan rings is 1. The molecule has 0 bridgehead atoms. The molecule has 162 valence electrons. The van der Waals surface area contributed by atoms with Crippen LogP contribution >= 0.6 is 0 Å². The van der Waals surface area contributed by atoms with Crippen LogP contribution in [-0.4, -0.2) is 33.2 Å². The van der Waals surface area contributed by atoms with Gasteiger partial charge in [-0.25, -0.2) is 4.99 Å². The number of fused-ring (bicyclic) bond motifs is 1. The van der Waals surface area contributed by atoms with E-state index in [9.17, 15) is 14.4 Å². The van der Waals surface area contributed by atoms with E-state index in [4.69, 9.17) is 4.42 Å². The number of amides is 2. The number of pyridine rings is 1. The molecule has 0 spiro atoms. The molecule has 0 aliphatic carbocycles. The second-order valence-corrected chi connectivity index (χ2v) is 7.82. The van der Waals surface area contributed by atoms with E-state index in [1.807, 2.05) is 36.4 Å². The Hall–Kier alpha value is -4.39. The second-order valence-electron chi connectivity index (χ2n) is 7.82. The topological polar surface area (TPSA) is 92.8 Å². The summed E-state index contributed by atoms with van der Waals surface area (Å²) in [6.45, 7) is 1.56. The third kappa shape index (κ3) is 3.85. The highest BCUT2D eigenvalue weighted by Crippen LogP contribution is 2.32. The summed E-state index contributed by atoms with van der Waals surface area (Å²) < 4.78 is 5.53. The highest BCUT2D eigenvalue weighted by atomic mass is 16.3. The third-order valence-corrected chi connectivity index (χ3v) is 5.54. The number of imide groups is 1. The predicted molar refractivity (Wildman–Crippen MR) is 122 cm³/mol. The third-order valence-electron chi connectivity index (χ3n) is 5.54. The maximum absolute atomic E-state index is 13.4. The van der Waals surface area contributed by atoms with Crippen LogP contribution in [0.15, 0.2) is 88.5 Å². The highest BCUT2D eigenvalue weighted by molar-refractivity contribution is 6.52. The molecule has 0 saturated carbocycles. The summed E-state index contributed by atoms with van der Waals surface area (Å²) in [6, 6.07) is 19.5. The van der Waals surface area contributed by atoms with Gasteiger partial charge in [0.05, 0.1) is 12.2 Å². The molecule has 4 aromatic rings. The number of carbonyl (C=O) groups is 3. The van der Waals surface area contributed by atoms with Crippen LogP contribution in [0.3, 0.4) is 0 Å². The van der Waals surface area contributed by atoms with Crippen LogP contribution in [0.4, 0.5) is 5.69 Å². The fourth-order valence-electron chi connectivity index (χ4n) is 3.93. The first-order valence-corrected chi connectivity index (χ1v) is 10.4. The van der Waals surface area contributed by atoms with E-state index in [1.165, 1.54) is 11.8 Å². The van der Waals surface area contributed by atoms with E-state index < -0.39 is 11.8 Å². The number of likely N-dealkylation sites (tertiary alicyclic amines) is 1. The predicted octanol–water partition coefficient (Wildman–Crippen LogP) is 4.46. The van der Waals surface area contributed by atoms with Gasteiger partial charge in [-0.2, -0.15) is 0 Å². The molecule has 33 heavy (non-hydrogen) atoms. The molecule has 1 aliphatic rings. The van der Waals surface area contributed by atoms with Crippen LogP contribution in [0.25, 0.3) is 11.0 Å². The zero-order chi connectivity index (χ0) is 22.9. The van der Waals surface area contributed by atoms with Gasteiger partial charge in [-0.15, -0.1) is 0 Å². The Bertz CT molecular complexity index is 1410. The Balaban J connectivity index is 1.57. The van der Waals surface area contributed by atoms with Crippen molar-refractivity contribution in [2.45, 2.75) is 19.4 Å². The number of aliphatic imine (C=N–C) groups is 1. The standard InChI is InChI=1S/C26H19N3O4/c1-16(30)22-13-19-12-20(9-10-21(19)33-22)28-24-23(18-7-3-2-4-8-18)25(31)29(26(24)32)15-17-6-5-11-27-14-17/h2-14,23H,15H2,1H3. The molecule has 3 heterocycles. The zero-order valence-electron chi connectivity index (χ0n) is 17.8. The van der Waals surface area contributed by atoms with Crippen molar-refractivity contribution < 1.29 is 18.8 Å². The molecule has 7 heteroatoms. The maximum Gasteiger partial charge on any atom is 0.276 e. The smallest absolute Gasteiger partial charge is 0.276 e. The Morgan fingerprint density at radius 2 is 1.88 bits per heavy atom. The fourth-order valence-corrected chi connectivity index (χ4v) is 3.93. The maximum atomic E-state index is 13.4. The van der Waals surface area contributed by atoms with Crippen LogP contribution in [0.2, 0.25) is 0 Å². The summed E-state index contributed by atoms with van der Waals surface area (Å²) in [5.41, 5.74) is 2.66. The Morgan fingerprint density at radius 1 is 1.06 bits per heavy atom. The Labute approximate surface area is 189 Å². The SMILES string of the molecule is CC(=O)c1cc2cc(N=C3C(=O)N(Cc4cccnc4)C(=O)C3c3ccccc3)ccc2o1. The lowest BCUT2D eigenvalue weighted by Crippen LogP contribution is -2.30. The summed E-state index contributed by atoms with van der Waals surface area (Å²) in [7, 11) is 0. The normalized spacial score (nSPS) is 17.3. The molecule has 1 unspecified atom stereocenters. The van der Waals surface area contributed by atoms with E-state index >= 15 is 0 Å². The van der Waals surface area contributed by atoms with Crippen molar-refractivity contribution in [1.82, 2.24) is 9.88 Å². The first-order chi connectivity index (χ1) is 16.0. The monoisotopic (exact) mass is 437 g/mol. The number of hydrogen-bond donors (Lipinski definition) is 0. The largest absolute Gasteiger partial charge is 0.453 e. The molecular formula is C26H19N3O4. The lowest BCUT2D eigenvalue weighted by atomic mass is 9.96. The summed E-state index contributed by atoms with van der Waals surface area (Å²) in [6.07, 6.45) is 3.27. The molecule has 2 amide bonds. The first-order valence-electron chi connectivity index (χ1n) is 10.4. The quantitative estimate of drug-likeness (QED) is 0.340. The highest BCUT2D eigenvalue weighted by Gasteiger charge is 2.45. The Morgan fingerprint density at radius 3 is 2.61 bits per heavy atom.